The Labute approximate surface area is 93.1 Å². The van der Waals surface area contributed by atoms with Crippen LogP contribution in [0.5, 0.6) is 0 Å². The van der Waals surface area contributed by atoms with Gasteiger partial charge in [0.2, 0.25) is 0 Å². The summed E-state index contributed by atoms with van der Waals surface area (Å²) in [5.74, 6) is -0.944. The van der Waals surface area contributed by atoms with Gasteiger partial charge in [0.25, 0.3) is 0 Å². The zero-order valence-electron chi connectivity index (χ0n) is 8.77. The molecule has 1 unspecified atom stereocenters. The maximum absolute atomic E-state index is 10.5. The number of hydrogen-bond acceptors (Lipinski definition) is 4. The fourth-order valence-corrected chi connectivity index (χ4v) is 2.09. The van der Waals surface area contributed by atoms with Gasteiger partial charge in [-0.2, -0.15) is 0 Å². The van der Waals surface area contributed by atoms with E-state index in [9.17, 15) is 4.79 Å². The molecule has 0 spiro atoms. The molecular weight excluding hydrogens is 212 g/mol. The van der Waals surface area contributed by atoms with Crippen LogP contribution in [0, 0.1) is 0 Å². The van der Waals surface area contributed by atoms with Gasteiger partial charge < -0.3 is 10.8 Å². The van der Waals surface area contributed by atoms with Gasteiger partial charge in [0.15, 0.2) is 0 Å². The van der Waals surface area contributed by atoms with E-state index in [2.05, 4.69) is 11.9 Å². The van der Waals surface area contributed by atoms with Gasteiger partial charge in [0.05, 0.1) is 10.7 Å². The summed E-state index contributed by atoms with van der Waals surface area (Å²) < 4.78 is 0. The van der Waals surface area contributed by atoms with Crippen molar-refractivity contribution in [3.8, 4) is 0 Å². The van der Waals surface area contributed by atoms with Crippen LogP contribution >= 0.6 is 11.3 Å². The monoisotopic (exact) mass is 228 g/mol. The molecule has 84 valence electrons. The van der Waals surface area contributed by atoms with Gasteiger partial charge in [-0.15, -0.1) is 11.3 Å². The van der Waals surface area contributed by atoms with Crippen molar-refractivity contribution < 1.29 is 9.90 Å². The van der Waals surface area contributed by atoms with Crippen molar-refractivity contribution in [2.24, 2.45) is 5.73 Å². The number of aliphatic carboxylic acids is 1. The van der Waals surface area contributed by atoms with Crippen LogP contribution in [0.1, 0.15) is 30.5 Å². The molecule has 1 rings (SSSR count). The molecule has 1 aromatic heterocycles. The predicted molar refractivity (Wildman–Crippen MR) is 60.0 cm³/mol. The van der Waals surface area contributed by atoms with E-state index in [0.29, 0.717) is 12.8 Å². The van der Waals surface area contributed by atoms with Gasteiger partial charge in [-0.1, -0.05) is 13.3 Å². The molecule has 5 heteroatoms. The van der Waals surface area contributed by atoms with E-state index in [1.807, 2.05) is 5.38 Å². The van der Waals surface area contributed by atoms with Gasteiger partial charge in [0.1, 0.15) is 6.04 Å². The SMILES string of the molecule is CCCc1csc(CCC(N)C(=O)O)n1. The molecule has 3 N–H and O–H groups in total. The fraction of sp³-hybridized carbons (Fsp3) is 0.600. The van der Waals surface area contributed by atoms with Crippen LogP contribution in [0.2, 0.25) is 0 Å². The van der Waals surface area contributed by atoms with Crippen molar-refractivity contribution in [3.63, 3.8) is 0 Å². The standard InChI is InChI=1S/C10H16N2O2S/c1-2-3-7-6-15-9(12-7)5-4-8(11)10(13)14/h6,8H,2-5,11H2,1H3,(H,13,14). The fourth-order valence-electron chi connectivity index (χ4n) is 1.24. The maximum atomic E-state index is 10.5. The Hall–Kier alpha value is -0.940. The Morgan fingerprint density at radius 2 is 2.40 bits per heavy atom. The van der Waals surface area contributed by atoms with Crippen LogP contribution in [-0.2, 0) is 17.6 Å². The minimum absolute atomic E-state index is 0.453. The molecule has 0 aromatic carbocycles. The van der Waals surface area contributed by atoms with Crippen molar-refractivity contribution in [3.05, 3.63) is 16.1 Å². The van der Waals surface area contributed by atoms with Crippen LogP contribution < -0.4 is 5.73 Å². The van der Waals surface area contributed by atoms with Crippen LogP contribution in [0.25, 0.3) is 0 Å². The van der Waals surface area contributed by atoms with Gasteiger partial charge in [0, 0.05) is 11.8 Å². The highest BCUT2D eigenvalue weighted by Gasteiger charge is 2.12. The summed E-state index contributed by atoms with van der Waals surface area (Å²) in [5.41, 5.74) is 6.51. The Balaban J connectivity index is 2.40. The number of hydrogen-bond donors (Lipinski definition) is 2. The van der Waals surface area contributed by atoms with Crippen LogP contribution in [0.4, 0.5) is 0 Å². The average Bonchev–Trinajstić information content (AvgIpc) is 2.62. The summed E-state index contributed by atoms with van der Waals surface area (Å²) in [4.78, 5) is 14.9. The second-order valence-corrected chi connectivity index (χ2v) is 4.41. The number of aryl methyl sites for hydroxylation is 2. The summed E-state index contributed by atoms with van der Waals surface area (Å²) in [6.45, 7) is 2.11. The van der Waals surface area contributed by atoms with Crippen molar-refractivity contribution >= 4 is 17.3 Å². The first-order chi connectivity index (χ1) is 7.13. The van der Waals surface area contributed by atoms with E-state index in [1.165, 1.54) is 0 Å². The quantitative estimate of drug-likeness (QED) is 0.772. The van der Waals surface area contributed by atoms with E-state index in [0.717, 1.165) is 23.5 Å². The summed E-state index contributed by atoms with van der Waals surface area (Å²) in [5, 5.41) is 11.6. The first-order valence-electron chi connectivity index (χ1n) is 5.05. The molecule has 15 heavy (non-hydrogen) atoms. The number of nitrogens with zero attached hydrogens (tertiary/aromatic N) is 1. The highest BCUT2D eigenvalue weighted by molar-refractivity contribution is 7.09. The molecule has 1 atom stereocenters. The first-order valence-corrected chi connectivity index (χ1v) is 5.93. The number of carboxylic acid groups (broad SMARTS) is 1. The molecule has 0 saturated carbocycles. The van der Waals surface area contributed by atoms with Crippen molar-refractivity contribution in [1.82, 2.24) is 4.98 Å². The van der Waals surface area contributed by atoms with Gasteiger partial charge in [-0.25, -0.2) is 4.98 Å². The molecule has 0 aliphatic heterocycles. The number of nitrogens with two attached hydrogens (primary N) is 1. The molecule has 0 bridgehead atoms. The molecule has 0 amide bonds. The third kappa shape index (κ3) is 3.97. The van der Waals surface area contributed by atoms with Crippen molar-refractivity contribution in [1.29, 1.82) is 0 Å². The van der Waals surface area contributed by atoms with E-state index < -0.39 is 12.0 Å². The lowest BCUT2D eigenvalue weighted by Crippen LogP contribution is -2.30. The number of carboxylic acids is 1. The summed E-state index contributed by atoms with van der Waals surface area (Å²) in [6, 6.07) is -0.775. The minimum Gasteiger partial charge on any atom is -0.480 e. The Kier molecular flexibility index (Phi) is 4.71. The van der Waals surface area contributed by atoms with Crippen LogP contribution in [-0.4, -0.2) is 22.1 Å². The van der Waals surface area contributed by atoms with Crippen LogP contribution in [0.3, 0.4) is 0 Å². The maximum Gasteiger partial charge on any atom is 0.320 e. The summed E-state index contributed by atoms with van der Waals surface area (Å²) in [7, 11) is 0. The predicted octanol–water partition coefficient (Wildman–Crippen LogP) is 1.44. The average molecular weight is 228 g/mol. The van der Waals surface area contributed by atoms with Gasteiger partial charge in [-0.3, -0.25) is 4.79 Å². The number of thiazole rings is 1. The molecule has 0 aliphatic rings. The molecule has 0 fully saturated rings. The van der Waals surface area contributed by atoms with E-state index >= 15 is 0 Å². The molecule has 1 heterocycles. The topological polar surface area (TPSA) is 76.2 Å². The Bertz CT molecular complexity index is 325. The molecule has 1 aromatic rings. The molecule has 0 saturated heterocycles. The summed E-state index contributed by atoms with van der Waals surface area (Å²) in [6.07, 6.45) is 3.18. The Morgan fingerprint density at radius 3 is 3.00 bits per heavy atom. The van der Waals surface area contributed by atoms with Crippen molar-refractivity contribution in [2.75, 3.05) is 0 Å². The minimum atomic E-state index is -0.944. The lowest BCUT2D eigenvalue weighted by atomic mass is 10.2. The second kappa shape index (κ2) is 5.82. The highest BCUT2D eigenvalue weighted by atomic mass is 32.1. The second-order valence-electron chi connectivity index (χ2n) is 3.47. The molecule has 0 radical (unpaired) electrons. The van der Waals surface area contributed by atoms with E-state index in [4.69, 9.17) is 10.8 Å². The Morgan fingerprint density at radius 1 is 1.67 bits per heavy atom. The molecule has 4 nitrogen and oxygen atoms in total. The zero-order valence-corrected chi connectivity index (χ0v) is 9.59. The smallest absolute Gasteiger partial charge is 0.320 e. The number of rotatable bonds is 6. The van der Waals surface area contributed by atoms with E-state index in [-0.39, 0.29) is 0 Å². The summed E-state index contributed by atoms with van der Waals surface area (Å²) >= 11 is 1.58. The lowest BCUT2D eigenvalue weighted by molar-refractivity contribution is -0.138. The normalized spacial score (nSPS) is 12.7. The van der Waals surface area contributed by atoms with E-state index in [1.54, 1.807) is 11.3 Å². The third-order valence-electron chi connectivity index (χ3n) is 2.09. The highest BCUT2D eigenvalue weighted by Crippen LogP contribution is 2.13. The zero-order chi connectivity index (χ0) is 11.3. The lowest BCUT2D eigenvalue weighted by Gasteiger charge is -2.03. The van der Waals surface area contributed by atoms with Crippen LogP contribution in [0.15, 0.2) is 5.38 Å². The number of carbonyl (C=O) groups is 1. The first kappa shape index (κ1) is 12.1. The number of aromatic nitrogens is 1. The van der Waals surface area contributed by atoms with Gasteiger partial charge in [-0.05, 0) is 12.8 Å². The van der Waals surface area contributed by atoms with Crippen molar-refractivity contribution in [2.45, 2.75) is 38.6 Å². The third-order valence-corrected chi connectivity index (χ3v) is 3.05. The largest absolute Gasteiger partial charge is 0.480 e. The van der Waals surface area contributed by atoms with Gasteiger partial charge >= 0.3 is 5.97 Å². The molecule has 0 aliphatic carbocycles. The molecular formula is C10H16N2O2S.